The highest BCUT2D eigenvalue weighted by atomic mass is 14.3. The molecule has 150 valence electrons. The Kier molecular flexibility index (Phi) is 5.14. The van der Waals surface area contributed by atoms with Crippen LogP contribution in [0.1, 0.15) is 18.9 Å². The molecule has 0 saturated carbocycles. The van der Waals surface area contributed by atoms with E-state index in [4.69, 9.17) is 0 Å². The van der Waals surface area contributed by atoms with Gasteiger partial charge in [-0.3, -0.25) is 0 Å². The van der Waals surface area contributed by atoms with Crippen LogP contribution < -0.4 is 0 Å². The predicted molar refractivity (Wildman–Crippen MR) is 133 cm³/mol. The van der Waals surface area contributed by atoms with Gasteiger partial charge in [-0.25, -0.2) is 0 Å². The summed E-state index contributed by atoms with van der Waals surface area (Å²) in [6.45, 7) is 2.35. The van der Waals surface area contributed by atoms with Crippen LogP contribution >= 0.6 is 0 Å². The van der Waals surface area contributed by atoms with Crippen molar-refractivity contribution in [3.63, 3.8) is 0 Å². The summed E-state index contributed by atoms with van der Waals surface area (Å²) in [5, 5.41) is 0. The zero-order valence-electron chi connectivity index (χ0n) is 17.8. The maximum atomic E-state index is 2.43. The lowest BCUT2D eigenvalue weighted by Crippen LogP contribution is -2.21. The van der Waals surface area contributed by atoms with E-state index in [2.05, 4.69) is 134 Å². The van der Waals surface area contributed by atoms with Crippen molar-refractivity contribution >= 4 is 0 Å². The van der Waals surface area contributed by atoms with E-state index in [-0.39, 0.29) is 5.41 Å². The predicted octanol–water partition coefficient (Wildman–Crippen LogP) is 8.46. The first-order chi connectivity index (χ1) is 15.2. The molecule has 0 fully saturated rings. The fourth-order valence-electron chi connectivity index (χ4n) is 4.57. The Morgan fingerprint density at radius 1 is 0.548 bits per heavy atom. The molecule has 5 rings (SSSR count). The van der Waals surface area contributed by atoms with E-state index in [1.807, 2.05) is 0 Å². The Morgan fingerprint density at radius 3 is 1.52 bits per heavy atom. The van der Waals surface area contributed by atoms with Crippen LogP contribution in [0.2, 0.25) is 0 Å². The minimum Gasteiger partial charge on any atom is -0.0834 e. The van der Waals surface area contributed by atoms with Crippen LogP contribution in [-0.2, 0) is 5.41 Å². The van der Waals surface area contributed by atoms with Crippen molar-refractivity contribution in [3.05, 3.63) is 133 Å². The molecule has 4 aromatic rings. The summed E-state index contributed by atoms with van der Waals surface area (Å²) in [6, 6.07) is 37.1. The highest BCUT2D eigenvalue weighted by Gasteiger charge is 2.28. The van der Waals surface area contributed by atoms with Gasteiger partial charge >= 0.3 is 0 Å². The molecule has 1 aliphatic carbocycles. The maximum absolute atomic E-state index is 2.43. The highest BCUT2D eigenvalue weighted by molar-refractivity contribution is 5.89. The molecule has 0 N–H and O–H groups in total. The summed E-state index contributed by atoms with van der Waals surface area (Å²) >= 11 is 0. The zero-order chi connectivity index (χ0) is 21.1. The molecule has 0 bridgehead atoms. The first-order valence-electron chi connectivity index (χ1n) is 10.9. The molecule has 1 aliphatic rings. The van der Waals surface area contributed by atoms with Crippen LogP contribution in [0.15, 0.2) is 127 Å². The summed E-state index contributed by atoms with van der Waals surface area (Å²) in [5.74, 6) is 0. The topological polar surface area (TPSA) is 0 Å². The van der Waals surface area contributed by atoms with Crippen molar-refractivity contribution in [2.24, 2.45) is 0 Å². The van der Waals surface area contributed by atoms with Crippen LogP contribution in [0.5, 0.6) is 0 Å². The average molecular weight is 399 g/mol. The molecule has 1 atom stereocenters. The molecule has 0 aliphatic heterocycles. The normalized spacial score (nSPS) is 17.6. The summed E-state index contributed by atoms with van der Waals surface area (Å²) in [6.07, 6.45) is 9.97. The zero-order valence-corrected chi connectivity index (χ0v) is 17.8. The van der Waals surface area contributed by atoms with Crippen molar-refractivity contribution in [3.8, 4) is 33.4 Å². The van der Waals surface area contributed by atoms with E-state index in [0.717, 1.165) is 6.42 Å². The largest absolute Gasteiger partial charge is 0.0834 e. The highest BCUT2D eigenvalue weighted by Crippen LogP contribution is 2.44. The third kappa shape index (κ3) is 3.78. The minimum absolute atomic E-state index is 0.0430. The lowest BCUT2D eigenvalue weighted by molar-refractivity contribution is 0.602. The van der Waals surface area contributed by atoms with Crippen molar-refractivity contribution in [1.82, 2.24) is 0 Å². The van der Waals surface area contributed by atoms with Gasteiger partial charge in [0.15, 0.2) is 0 Å². The first kappa shape index (κ1) is 19.3. The SMILES string of the molecule is CC1(c2cc(-c3ccccc3)c(-c3ccccc3)cc2-c2ccccc2)C=CC=CC1. The Labute approximate surface area is 185 Å². The number of hydrogen-bond acceptors (Lipinski definition) is 0. The Morgan fingerprint density at radius 2 is 1.03 bits per heavy atom. The van der Waals surface area contributed by atoms with Gasteiger partial charge in [0.05, 0.1) is 0 Å². The maximum Gasteiger partial charge on any atom is 0.0148 e. The summed E-state index contributed by atoms with van der Waals surface area (Å²) in [5.41, 5.74) is 8.95. The van der Waals surface area contributed by atoms with E-state index in [9.17, 15) is 0 Å². The first-order valence-corrected chi connectivity index (χ1v) is 10.9. The molecule has 4 aromatic carbocycles. The van der Waals surface area contributed by atoms with Crippen molar-refractivity contribution < 1.29 is 0 Å². The van der Waals surface area contributed by atoms with Crippen molar-refractivity contribution in [2.45, 2.75) is 18.8 Å². The second-order valence-electron chi connectivity index (χ2n) is 8.45. The Hall–Kier alpha value is -3.64. The van der Waals surface area contributed by atoms with E-state index >= 15 is 0 Å². The van der Waals surface area contributed by atoms with E-state index in [0.29, 0.717) is 0 Å². The Balaban J connectivity index is 1.84. The molecular weight excluding hydrogens is 372 g/mol. The summed E-state index contributed by atoms with van der Waals surface area (Å²) in [4.78, 5) is 0. The number of hydrogen-bond donors (Lipinski definition) is 0. The molecule has 0 heterocycles. The standard InChI is InChI=1S/C31H26/c1-31(20-12-5-13-21-31)30-23-28(25-16-8-3-9-17-25)27(24-14-6-2-7-15-24)22-29(30)26-18-10-4-11-19-26/h2-20,22-23H,21H2,1H3. The van der Waals surface area contributed by atoms with Crippen LogP contribution in [-0.4, -0.2) is 0 Å². The van der Waals surface area contributed by atoms with Gasteiger partial charge in [0.25, 0.3) is 0 Å². The second kappa shape index (κ2) is 8.24. The average Bonchev–Trinajstić information content (AvgIpc) is 2.85. The number of allylic oxidation sites excluding steroid dienone is 4. The monoisotopic (exact) mass is 398 g/mol. The minimum atomic E-state index is -0.0430. The van der Waals surface area contributed by atoms with Gasteiger partial charge in [0.2, 0.25) is 0 Å². The van der Waals surface area contributed by atoms with Gasteiger partial charge in [0, 0.05) is 5.41 Å². The van der Waals surface area contributed by atoms with Crippen molar-refractivity contribution in [1.29, 1.82) is 0 Å². The lowest BCUT2D eigenvalue weighted by Gasteiger charge is -2.31. The van der Waals surface area contributed by atoms with Gasteiger partial charge in [-0.05, 0) is 57.5 Å². The smallest absolute Gasteiger partial charge is 0.0148 e. The molecule has 31 heavy (non-hydrogen) atoms. The quantitative estimate of drug-likeness (QED) is 0.323. The molecule has 0 nitrogen and oxygen atoms in total. The van der Waals surface area contributed by atoms with Crippen LogP contribution in [0.3, 0.4) is 0 Å². The van der Waals surface area contributed by atoms with Crippen LogP contribution in [0, 0.1) is 0 Å². The van der Waals surface area contributed by atoms with E-state index in [1.165, 1.54) is 38.9 Å². The third-order valence-electron chi connectivity index (χ3n) is 6.28. The lowest BCUT2D eigenvalue weighted by atomic mass is 9.72. The van der Waals surface area contributed by atoms with E-state index in [1.54, 1.807) is 0 Å². The van der Waals surface area contributed by atoms with Gasteiger partial charge in [0.1, 0.15) is 0 Å². The Bertz CT molecular complexity index is 1230. The van der Waals surface area contributed by atoms with Crippen molar-refractivity contribution in [2.75, 3.05) is 0 Å². The van der Waals surface area contributed by atoms with Gasteiger partial charge < -0.3 is 0 Å². The van der Waals surface area contributed by atoms with Crippen LogP contribution in [0.4, 0.5) is 0 Å². The summed E-state index contributed by atoms with van der Waals surface area (Å²) in [7, 11) is 0. The molecular formula is C31H26. The third-order valence-corrected chi connectivity index (χ3v) is 6.28. The molecule has 1 unspecified atom stereocenters. The number of benzene rings is 4. The molecule has 0 saturated heterocycles. The molecule has 0 spiro atoms. The van der Waals surface area contributed by atoms with Gasteiger partial charge in [-0.1, -0.05) is 122 Å². The van der Waals surface area contributed by atoms with Crippen LogP contribution in [0.25, 0.3) is 33.4 Å². The van der Waals surface area contributed by atoms with Gasteiger partial charge in [-0.15, -0.1) is 0 Å². The molecule has 0 radical (unpaired) electrons. The summed E-state index contributed by atoms with van der Waals surface area (Å²) < 4.78 is 0. The second-order valence-corrected chi connectivity index (χ2v) is 8.45. The fourth-order valence-corrected chi connectivity index (χ4v) is 4.57. The van der Waals surface area contributed by atoms with E-state index < -0.39 is 0 Å². The molecule has 0 aromatic heterocycles. The fraction of sp³-hybridized carbons (Fsp3) is 0.0968. The molecule has 0 heteroatoms. The molecule has 0 amide bonds. The number of rotatable bonds is 4. The van der Waals surface area contributed by atoms with Gasteiger partial charge in [-0.2, -0.15) is 0 Å².